The number of hydrogen-bond donors (Lipinski definition) is 3. The zero-order valence-electron chi connectivity index (χ0n) is 18.3. The summed E-state index contributed by atoms with van der Waals surface area (Å²) in [6.07, 6.45) is -0.0687. The van der Waals surface area contributed by atoms with Gasteiger partial charge in [0.2, 0.25) is 0 Å². The monoisotopic (exact) mass is 430 g/mol. The normalized spacial score (nSPS) is 17.4. The van der Waals surface area contributed by atoms with Crippen LogP contribution in [0.1, 0.15) is 25.0 Å². The van der Waals surface area contributed by atoms with Crippen molar-refractivity contribution in [1.29, 1.82) is 0 Å². The highest BCUT2D eigenvalue weighted by Crippen LogP contribution is 2.30. The SMILES string of the molecule is CCNC(=NCC(O)c1ccccc1F)NC1CCN(c2cc(OC)cc(OC)c2)C1. The molecule has 168 valence electrons. The Labute approximate surface area is 182 Å². The summed E-state index contributed by atoms with van der Waals surface area (Å²) >= 11 is 0. The summed E-state index contributed by atoms with van der Waals surface area (Å²) in [5.41, 5.74) is 1.29. The van der Waals surface area contributed by atoms with E-state index in [0.29, 0.717) is 12.5 Å². The molecule has 0 spiro atoms. The molecule has 3 rings (SSSR count). The number of aliphatic imine (C=N–C) groups is 1. The van der Waals surface area contributed by atoms with Gasteiger partial charge in [0, 0.05) is 55.1 Å². The number of aliphatic hydroxyl groups is 1. The van der Waals surface area contributed by atoms with E-state index in [1.807, 2.05) is 25.1 Å². The Balaban J connectivity index is 1.63. The lowest BCUT2D eigenvalue weighted by molar-refractivity contribution is 0.182. The average molecular weight is 431 g/mol. The van der Waals surface area contributed by atoms with Gasteiger partial charge in [0.05, 0.1) is 20.8 Å². The zero-order chi connectivity index (χ0) is 22.2. The van der Waals surface area contributed by atoms with E-state index in [2.05, 4.69) is 20.5 Å². The van der Waals surface area contributed by atoms with Gasteiger partial charge < -0.3 is 30.1 Å². The van der Waals surface area contributed by atoms with Gasteiger partial charge in [-0.25, -0.2) is 4.39 Å². The molecule has 0 amide bonds. The fourth-order valence-electron chi connectivity index (χ4n) is 3.62. The third-order valence-electron chi connectivity index (χ3n) is 5.26. The number of halogens is 1. The third-order valence-corrected chi connectivity index (χ3v) is 5.26. The minimum absolute atomic E-state index is 0.0692. The predicted molar refractivity (Wildman–Crippen MR) is 121 cm³/mol. The maximum Gasteiger partial charge on any atom is 0.191 e. The van der Waals surface area contributed by atoms with Crippen LogP contribution in [0.15, 0.2) is 47.5 Å². The molecule has 0 bridgehead atoms. The third kappa shape index (κ3) is 6.01. The van der Waals surface area contributed by atoms with E-state index >= 15 is 0 Å². The van der Waals surface area contributed by atoms with Gasteiger partial charge in [-0.1, -0.05) is 18.2 Å². The van der Waals surface area contributed by atoms with Gasteiger partial charge in [0.1, 0.15) is 23.4 Å². The fraction of sp³-hybridized carbons (Fsp3) is 0.435. The van der Waals surface area contributed by atoms with E-state index in [0.717, 1.165) is 36.7 Å². The molecule has 1 saturated heterocycles. The average Bonchev–Trinajstić information content (AvgIpc) is 3.26. The number of nitrogens with zero attached hydrogens (tertiary/aromatic N) is 2. The first-order valence-electron chi connectivity index (χ1n) is 10.5. The molecule has 0 aromatic heterocycles. The Morgan fingerprint density at radius 1 is 1.23 bits per heavy atom. The quantitative estimate of drug-likeness (QED) is 0.442. The van der Waals surface area contributed by atoms with Crippen LogP contribution in [0.2, 0.25) is 0 Å². The van der Waals surface area contributed by atoms with E-state index in [4.69, 9.17) is 9.47 Å². The molecule has 1 heterocycles. The molecular formula is C23H31FN4O3. The molecule has 0 radical (unpaired) electrons. The summed E-state index contributed by atoms with van der Waals surface area (Å²) in [7, 11) is 3.28. The van der Waals surface area contributed by atoms with Crippen molar-refractivity contribution in [2.75, 3.05) is 45.3 Å². The largest absolute Gasteiger partial charge is 0.497 e. The lowest BCUT2D eigenvalue weighted by Gasteiger charge is -2.21. The van der Waals surface area contributed by atoms with Gasteiger partial charge in [-0.15, -0.1) is 0 Å². The second kappa shape index (κ2) is 10.9. The topological polar surface area (TPSA) is 78.4 Å². The van der Waals surface area contributed by atoms with Crippen LogP contribution < -0.4 is 25.0 Å². The van der Waals surface area contributed by atoms with Crippen LogP contribution in [0.5, 0.6) is 11.5 Å². The van der Waals surface area contributed by atoms with Crippen molar-refractivity contribution >= 4 is 11.6 Å². The number of hydrogen-bond acceptors (Lipinski definition) is 5. The van der Waals surface area contributed by atoms with Crippen molar-refractivity contribution in [3.63, 3.8) is 0 Å². The molecule has 3 N–H and O–H groups in total. The molecule has 2 atom stereocenters. The minimum atomic E-state index is -0.999. The zero-order valence-corrected chi connectivity index (χ0v) is 18.3. The number of benzene rings is 2. The van der Waals surface area contributed by atoms with E-state index in [-0.39, 0.29) is 18.2 Å². The molecule has 2 unspecified atom stereocenters. The summed E-state index contributed by atoms with van der Waals surface area (Å²) in [6.45, 7) is 4.40. The molecule has 31 heavy (non-hydrogen) atoms. The van der Waals surface area contributed by atoms with E-state index < -0.39 is 11.9 Å². The standard InChI is InChI=1S/C23H31FN4O3/c1-4-25-23(26-14-22(29)20-7-5-6-8-21(20)24)27-16-9-10-28(15-16)17-11-18(30-2)13-19(12-17)31-3/h5-8,11-13,16,22,29H,4,9-10,14-15H2,1-3H3,(H2,25,26,27). The molecule has 7 nitrogen and oxygen atoms in total. The minimum Gasteiger partial charge on any atom is -0.497 e. The first-order valence-corrected chi connectivity index (χ1v) is 10.5. The lowest BCUT2D eigenvalue weighted by atomic mass is 10.1. The van der Waals surface area contributed by atoms with Crippen LogP contribution >= 0.6 is 0 Å². The second-order valence-corrected chi connectivity index (χ2v) is 7.40. The first kappa shape index (κ1) is 22.7. The number of ether oxygens (including phenoxy) is 2. The number of nitrogens with one attached hydrogen (secondary N) is 2. The van der Waals surface area contributed by atoms with Crippen molar-refractivity contribution in [1.82, 2.24) is 10.6 Å². The highest BCUT2D eigenvalue weighted by atomic mass is 19.1. The van der Waals surface area contributed by atoms with E-state index in [9.17, 15) is 9.50 Å². The molecule has 1 aliphatic rings. The Morgan fingerprint density at radius 3 is 2.58 bits per heavy atom. The lowest BCUT2D eigenvalue weighted by Crippen LogP contribution is -2.44. The second-order valence-electron chi connectivity index (χ2n) is 7.40. The van der Waals surface area contributed by atoms with Gasteiger partial charge in [-0.3, -0.25) is 4.99 Å². The van der Waals surface area contributed by atoms with Crippen LogP contribution in [-0.2, 0) is 0 Å². The van der Waals surface area contributed by atoms with Crippen molar-refractivity contribution in [2.24, 2.45) is 4.99 Å². The number of anilines is 1. The molecule has 8 heteroatoms. The maximum atomic E-state index is 13.9. The van der Waals surface area contributed by atoms with Crippen LogP contribution in [-0.4, -0.2) is 57.5 Å². The Morgan fingerprint density at radius 2 is 1.94 bits per heavy atom. The molecule has 2 aromatic rings. The molecule has 0 aliphatic carbocycles. The van der Waals surface area contributed by atoms with Gasteiger partial charge >= 0.3 is 0 Å². The van der Waals surface area contributed by atoms with Crippen LogP contribution in [0.4, 0.5) is 10.1 Å². The summed E-state index contributed by atoms with van der Waals surface area (Å²) in [6, 6.07) is 12.2. The van der Waals surface area contributed by atoms with Crippen molar-refractivity contribution in [3.8, 4) is 11.5 Å². The number of aliphatic hydroxyl groups excluding tert-OH is 1. The van der Waals surface area contributed by atoms with Crippen molar-refractivity contribution in [2.45, 2.75) is 25.5 Å². The van der Waals surface area contributed by atoms with Crippen LogP contribution in [0.3, 0.4) is 0 Å². The van der Waals surface area contributed by atoms with E-state index in [1.165, 1.54) is 6.07 Å². The Bertz CT molecular complexity index is 871. The summed E-state index contributed by atoms with van der Waals surface area (Å²) < 4.78 is 24.6. The maximum absolute atomic E-state index is 13.9. The van der Waals surface area contributed by atoms with Gasteiger partial charge in [-0.2, -0.15) is 0 Å². The highest BCUT2D eigenvalue weighted by molar-refractivity contribution is 5.80. The van der Waals surface area contributed by atoms with Gasteiger partial charge in [0.15, 0.2) is 5.96 Å². The van der Waals surface area contributed by atoms with E-state index in [1.54, 1.807) is 32.4 Å². The number of methoxy groups -OCH3 is 2. The summed E-state index contributed by atoms with van der Waals surface area (Å²) in [5.74, 6) is 1.68. The van der Waals surface area contributed by atoms with Crippen molar-refractivity contribution in [3.05, 3.63) is 53.8 Å². The highest BCUT2D eigenvalue weighted by Gasteiger charge is 2.24. The Hall–Kier alpha value is -3.00. The number of rotatable bonds is 8. The van der Waals surface area contributed by atoms with Crippen LogP contribution in [0.25, 0.3) is 0 Å². The number of guanidine groups is 1. The van der Waals surface area contributed by atoms with Gasteiger partial charge in [0.25, 0.3) is 0 Å². The molecule has 0 saturated carbocycles. The Kier molecular flexibility index (Phi) is 7.94. The fourth-order valence-corrected chi connectivity index (χ4v) is 3.62. The molecule has 1 aliphatic heterocycles. The van der Waals surface area contributed by atoms with Crippen LogP contribution in [0, 0.1) is 5.82 Å². The van der Waals surface area contributed by atoms with Gasteiger partial charge in [-0.05, 0) is 19.4 Å². The summed E-state index contributed by atoms with van der Waals surface area (Å²) in [5, 5.41) is 17.0. The first-order chi connectivity index (χ1) is 15.0. The van der Waals surface area contributed by atoms with Crippen molar-refractivity contribution < 1.29 is 19.0 Å². The summed E-state index contributed by atoms with van der Waals surface area (Å²) in [4.78, 5) is 6.73. The molecule has 1 fully saturated rings. The predicted octanol–water partition coefficient (Wildman–Crippen LogP) is 2.71. The molecular weight excluding hydrogens is 399 g/mol. The molecule has 2 aromatic carbocycles. The smallest absolute Gasteiger partial charge is 0.191 e.